The molecule has 5 N–H and O–H groups in total. The number of aromatic nitrogens is 4. The monoisotopic (exact) mass is 943 g/mol. The highest BCUT2D eigenvalue weighted by molar-refractivity contribution is 7.13. The van der Waals surface area contributed by atoms with Crippen LogP contribution >= 0.6 is 11.3 Å². The van der Waals surface area contributed by atoms with Crippen molar-refractivity contribution in [1.29, 1.82) is 0 Å². The predicted octanol–water partition coefficient (Wildman–Crippen LogP) is 2.72. The van der Waals surface area contributed by atoms with Gasteiger partial charge in [-0.1, -0.05) is 51.5 Å². The molecule has 3 aromatic rings. The third-order valence-electron chi connectivity index (χ3n) is 14.9. The number of benzene rings is 1. The summed E-state index contributed by atoms with van der Waals surface area (Å²) in [5.74, 6) is 1.30. The van der Waals surface area contributed by atoms with Crippen LogP contribution in [0.15, 0.2) is 29.8 Å². The van der Waals surface area contributed by atoms with Gasteiger partial charge in [0.2, 0.25) is 41.5 Å². The topological polar surface area (TPSA) is 213 Å². The molecule has 4 saturated heterocycles. The minimum atomic E-state index is -0.890. The molecule has 5 atom stereocenters. The smallest absolute Gasteiger partial charge is 0.246 e. The number of piperidine rings is 1. The number of hydrogen-bond acceptors (Lipinski definition) is 15. The van der Waals surface area contributed by atoms with E-state index in [9.17, 15) is 29.4 Å². The van der Waals surface area contributed by atoms with Crippen molar-refractivity contribution >= 4 is 52.8 Å². The van der Waals surface area contributed by atoms with Crippen molar-refractivity contribution in [1.82, 2.24) is 45.7 Å². The van der Waals surface area contributed by atoms with Crippen LogP contribution < -0.4 is 30.7 Å². The fourth-order valence-electron chi connectivity index (χ4n) is 10.8. The number of fused-ring (bicyclic) bond motifs is 1. The van der Waals surface area contributed by atoms with E-state index in [0.717, 1.165) is 92.9 Å². The van der Waals surface area contributed by atoms with Crippen LogP contribution in [0, 0.1) is 23.7 Å². The number of rotatable bonds is 15. The number of β-amino-alcohol motifs (C(OH)–C–C–N with tert-alkyl or cyclic N) is 1. The van der Waals surface area contributed by atoms with Gasteiger partial charge in [-0.15, -0.1) is 11.3 Å². The van der Waals surface area contributed by atoms with Gasteiger partial charge in [0.25, 0.3) is 0 Å². The normalized spacial score (nSPS) is 24.2. The molecular weight excluding hydrogens is 873 g/mol. The molecule has 0 bridgehead atoms. The standard InChI is InChI=1S/C48H70N12O6S/c1-31-40(67-30-51-31)34-11-8-33(9-12-34)26-50-42(65)36-25-35(62)27-60(36)43(66)41(47(2,3)4)52-38(63)13-10-32-14-18-57(19-15-32)44-53-45(58-23-21-56(22-24-58)28-39(64)49-5)55-46(54-44)59-20-17-48(29-61)16-6-7-37(48)59/h8-9,11-12,30,32,35-37,41,61-62H,6-7,10,13-29H2,1-5H3,(H,49,64)(H,50,65)(H,52,63)/t35-,36+,37-,41-,48-/m1/s1. The molecule has 4 amide bonds. The van der Waals surface area contributed by atoms with E-state index in [1.807, 2.05) is 57.5 Å². The van der Waals surface area contributed by atoms with Gasteiger partial charge in [-0.3, -0.25) is 24.1 Å². The van der Waals surface area contributed by atoms with Gasteiger partial charge in [-0.05, 0) is 67.9 Å². The van der Waals surface area contributed by atoms with Crippen molar-refractivity contribution < 1.29 is 29.4 Å². The van der Waals surface area contributed by atoms with E-state index in [-0.39, 0.29) is 73.5 Å². The second-order valence-corrected chi connectivity index (χ2v) is 21.3. The number of piperazine rings is 1. The third kappa shape index (κ3) is 11.0. The van der Waals surface area contributed by atoms with E-state index in [2.05, 4.69) is 40.5 Å². The summed E-state index contributed by atoms with van der Waals surface area (Å²) in [4.78, 5) is 84.5. The summed E-state index contributed by atoms with van der Waals surface area (Å²) in [5, 5.41) is 29.9. The van der Waals surface area contributed by atoms with E-state index in [1.165, 1.54) is 4.90 Å². The van der Waals surface area contributed by atoms with Crippen LogP contribution in [0.2, 0.25) is 0 Å². The highest BCUT2D eigenvalue weighted by Crippen LogP contribution is 2.49. The number of nitrogens with one attached hydrogen (secondary N) is 3. The molecule has 364 valence electrons. The summed E-state index contributed by atoms with van der Waals surface area (Å²) in [6, 6.07) is 6.39. The molecule has 1 saturated carbocycles. The molecule has 2 aromatic heterocycles. The Kier molecular flexibility index (Phi) is 15.0. The average molecular weight is 943 g/mol. The van der Waals surface area contributed by atoms with Crippen molar-refractivity contribution in [3.63, 3.8) is 0 Å². The molecule has 18 nitrogen and oxygen atoms in total. The van der Waals surface area contributed by atoms with Gasteiger partial charge in [0.1, 0.15) is 12.1 Å². The largest absolute Gasteiger partial charge is 0.396 e. The summed E-state index contributed by atoms with van der Waals surface area (Å²) in [5.41, 5.74) is 4.00. The number of likely N-dealkylation sites (tertiary alicyclic amines) is 1. The number of carbonyl (C=O) groups excluding carboxylic acids is 4. The van der Waals surface area contributed by atoms with Crippen LogP contribution in [0.4, 0.5) is 17.8 Å². The Morgan fingerprint density at radius 3 is 2.22 bits per heavy atom. The molecule has 5 fully saturated rings. The van der Waals surface area contributed by atoms with E-state index in [1.54, 1.807) is 18.4 Å². The van der Waals surface area contributed by atoms with E-state index < -0.39 is 23.6 Å². The Balaban J connectivity index is 0.861. The lowest BCUT2D eigenvalue weighted by atomic mass is 9.83. The summed E-state index contributed by atoms with van der Waals surface area (Å²) >= 11 is 1.58. The maximum Gasteiger partial charge on any atom is 0.246 e. The Labute approximate surface area is 398 Å². The molecule has 1 aromatic carbocycles. The number of amides is 4. The fourth-order valence-corrected chi connectivity index (χ4v) is 11.6. The summed E-state index contributed by atoms with van der Waals surface area (Å²) in [6.45, 7) is 13.6. The van der Waals surface area contributed by atoms with Crippen LogP contribution in [0.5, 0.6) is 0 Å². The number of likely N-dealkylation sites (N-methyl/N-ethyl adjacent to an activating group) is 1. The zero-order valence-corrected chi connectivity index (χ0v) is 40.7. The fraction of sp³-hybridized carbons (Fsp3) is 0.667. The summed E-state index contributed by atoms with van der Waals surface area (Å²) in [7, 11) is 1.66. The van der Waals surface area contributed by atoms with Crippen LogP contribution in [-0.2, 0) is 25.7 Å². The Morgan fingerprint density at radius 2 is 1.58 bits per heavy atom. The number of hydrogen-bond donors (Lipinski definition) is 5. The quantitative estimate of drug-likeness (QED) is 0.148. The Morgan fingerprint density at radius 1 is 0.896 bits per heavy atom. The van der Waals surface area contributed by atoms with Crippen LogP contribution in [0.1, 0.15) is 89.8 Å². The average Bonchev–Trinajstić information content (AvgIpc) is 4.13. The van der Waals surface area contributed by atoms with Gasteiger partial charge >= 0.3 is 0 Å². The highest BCUT2D eigenvalue weighted by Gasteiger charge is 2.51. The minimum absolute atomic E-state index is 0.00272. The molecule has 0 radical (unpaired) electrons. The summed E-state index contributed by atoms with van der Waals surface area (Å²) in [6.07, 6.45) is 5.89. The van der Waals surface area contributed by atoms with E-state index in [0.29, 0.717) is 43.9 Å². The molecule has 1 aliphatic carbocycles. The first kappa shape index (κ1) is 48.5. The predicted molar refractivity (Wildman–Crippen MR) is 257 cm³/mol. The molecule has 0 spiro atoms. The lowest BCUT2D eigenvalue weighted by Gasteiger charge is -2.37. The second kappa shape index (κ2) is 20.7. The maximum absolute atomic E-state index is 14.3. The Hall–Kier alpha value is -4.98. The molecule has 4 aliphatic heterocycles. The zero-order chi connectivity index (χ0) is 47.5. The van der Waals surface area contributed by atoms with Gasteiger partial charge in [0.05, 0.1) is 35.3 Å². The van der Waals surface area contributed by atoms with Crippen molar-refractivity contribution in [3.05, 3.63) is 41.0 Å². The minimum Gasteiger partial charge on any atom is -0.396 e. The lowest BCUT2D eigenvalue weighted by molar-refractivity contribution is -0.144. The number of nitrogens with zero attached hydrogens (tertiary/aromatic N) is 9. The van der Waals surface area contributed by atoms with Gasteiger partial charge in [-0.25, -0.2) is 4.98 Å². The van der Waals surface area contributed by atoms with E-state index in [4.69, 9.17) is 15.0 Å². The number of aryl methyl sites for hydroxylation is 1. The molecule has 5 aliphatic rings. The number of thiazole rings is 1. The zero-order valence-electron chi connectivity index (χ0n) is 39.9. The SMILES string of the molecule is CNC(=O)CN1CCN(c2nc(N3CCC(CCC(=O)N[C@H](C(=O)N4C[C@H](O)C[C@H]4C(=O)NCc4ccc(-c5scnc5C)cc4)C(C)(C)C)CC3)nc(N3CC[C@@]4(CO)CCC[C@@H]34)n2)CC1. The van der Waals surface area contributed by atoms with Crippen LogP contribution in [0.3, 0.4) is 0 Å². The highest BCUT2D eigenvalue weighted by atomic mass is 32.1. The number of aliphatic hydroxyl groups excluding tert-OH is 2. The lowest BCUT2D eigenvalue weighted by Crippen LogP contribution is -2.57. The van der Waals surface area contributed by atoms with Crippen LogP contribution in [0.25, 0.3) is 10.4 Å². The molecule has 6 heterocycles. The molecular formula is C48H70N12O6S. The second-order valence-electron chi connectivity index (χ2n) is 20.5. The first-order valence-corrected chi connectivity index (χ1v) is 25.1. The maximum atomic E-state index is 14.3. The number of carbonyl (C=O) groups is 4. The molecule has 67 heavy (non-hydrogen) atoms. The number of anilines is 3. The van der Waals surface area contributed by atoms with Gasteiger partial charge in [-0.2, -0.15) is 15.0 Å². The first-order chi connectivity index (χ1) is 32.1. The van der Waals surface area contributed by atoms with E-state index >= 15 is 0 Å². The number of aliphatic hydroxyl groups is 2. The molecule has 19 heteroatoms. The summed E-state index contributed by atoms with van der Waals surface area (Å²) < 4.78 is 0. The first-order valence-electron chi connectivity index (χ1n) is 24.3. The van der Waals surface area contributed by atoms with Gasteiger partial charge < -0.3 is 45.8 Å². The van der Waals surface area contributed by atoms with Crippen LogP contribution in [-0.4, -0.2) is 160 Å². The Bertz CT molecular complexity index is 2220. The molecule has 0 unspecified atom stereocenters. The van der Waals surface area contributed by atoms with Crippen molar-refractivity contribution in [3.8, 4) is 10.4 Å². The van der Waals surface area contributed by atoms with Crippen molar-refractivity contribution in [2.45, 2.75) is 116 Å². The van der Waals surface area contributed by atoms with Gasteiger partial charge in [0, 0.05) is 90.2 Å². The van der Waals surface area contributed by atoms with Crippen molar-refractivity contribution in [2.24, 2.45) is 16.7 Å². The van der Waals surface area contributed by atoms with Crippen molar-refractivity contribution in [2.75, 3.05) is 87.3 Å². The molecule has 8 rings (SSSR count). The third-order valence-corrected chi connectivity index (χ3v) is 15.9. The van der Waals surface area contributed by atoms with Gasteiger partial charge in [0.15, 0.2) is 0 Å².